The van der Waals surface area contributed by atoms with Gasteiger partial charge in [0.05, 0.1) is 12.0 Å². The van der Waals surface area contributed by atoms with Crippen LogP contribution in [0.5, 0.6) is 0 Å². The molecule has 1 fully saturated rings. The zero-order valence-electron chi connectivity index (χ0n) is 21.5. The van der Waals surface area contributed by atoms with Gasteiger partial charge in [-0.2, -0.15) is 0 Å². The molecule has 4 unspecified atom stereocenters. The number of nitrogens with one attached hydrogen (secondary N) is 3. The minimum atomic E-state index is -1.74. The van der Waals surface area contributed by atoms with E-state index in [-0.39, 0.29) is 11.8 Å². The number of rotatable bonds is 11. The number of hydrogen-bond acceptors (Lipinski definition) is 7. The Balaban J connectivity index is 2.76. The normalized spacial score (nSPS) is 19.9. The predicted octanol–water partition coefficient (Wildman–Crippen LogP) is 2.27. The van der Waals surface area contributed by atoms with E-state index in [1.54, 1.807) is 32.9 Å². The van der Waals surface area contributed by atoms with E-state index in [0.717, 1.165) is 0 Å². The van der Waals surface area contributed by atoms with Crippen LogP contribution in [0.3, 0.4) is 0 Å². The summed E-state index contributed by atoms with van der Waals surface area (Å²) in [4.78, 5) is 51.0. The molecule has 10 nitrogen and oxygen atoms in total. The van der Waals surface area contributed by atoms with Gasteiger partial charge in [0.15, 0.2) is 0 Å². The van der Waals surface area contributed by atoms with Crippen molar-refractivity contribution in [3.63, 3.8) is 0 Å². The molecule has 206 valence electrons. The molecule has 3 amide bonds. The second-order valence-corrected chi connectivity index (χ2v) is 11.5. The van der Waals surface area contributed by atoms with E-state index < -0.39 is 58.3 Å². The number of amides is 3. The maximum atomic E-state index is 13.0. The Labute approximate surface area is 227 Å². The highest BCUT2D eigenvalue weighted by Gasteiger charge is 2.35. The Bertz CT molecular complexity index is 805. The molecule has 1 aliphatic rings. The molecule has 1 heterocycles. The molecule has 0 saturated carbocycles. The van der Waals surface area contributed by atoms with Crippen LogP contribution in [0, 0.1) is 11.8 Å². The first-order chi connectivity index (χ1) is 16.7. The first-order valence-corrected chi connectivity index (χ1v) is 12.9. The predicted molar refractivity (Wildman–Crippen MR) is 138 cm³/mol. The maximum absolute atomic E-state index is 13.0. The lowest BCUT2D eigenvalue weighted by atomic mass is 9.99. The van der Waals surface area contributed by atoms with E-state index in [9.17, 15) is 19.2 Å². The number of hydrazine groups is 1. The summed E-state index contributed by atoms with van der Waals surface area (Å²) in [5.74, 6) is -2.72. The van der Waals surface area contributed by atoms with Gasteiger partial charge in [-0.15, -0.1) is 0 Å². The van der Waals surface area contributed by atoms with Crippen molar-refractivity contribution in [3.05, 3.63) is 12.2 Å². The molecule has 1 rings (SSSR count). The zero-order chi connectivity index (χ0) is 27.6. The van der Waals surface area contributed by atoms with Crippen LogP contribution in [-0.4, -0.2) is 77.0 Å². The van der Waals surface area contributed by atoms with Crippen LogP contribution >= 0.6 is 34.8 Å². The summed E-state index contributed by atoms with van der Waals surface area (Å²) in [6.45, 7) is 8.56. The van der Waals surface area contributed by atoms with Crippen molar-refractivity contribution in [1.82, 2.24) is 21.1 Å². The van der Waals surface area contributed by atoms with Crippen LogP contribution in [0.15, 0.2) is 12.2 Å². The third-order valence-electron chi connectivity index (χ3n) is 5.65. The molecular formula is C23H37Cl3N4O6. The molecule has 0 aromatic carbocycles. The second kappa shape index (κ2) is 15.0. The lowest BCUT2D eigenvalue weighted by molar-refractivity contribution is -0.152. The molecule has 0 bridgehead atoms. The highest BCUT2D eigenvalue weighted by molar-refractivity contribution is 6.67. The molecule has 5 atom stereocenters. The zero-order valence-corrected chi connectivity index (χ0v) is 23.7. The van der Waals surface area contributed by atoms with Gasteiger partial charge in [0.1, 0.15) is 24.7 Å². The van der Waals surface area contributed by atoms with Gasteiger partial charge in [-0.05, 0) is 32.6 Å². The van der Waals surface area contributed by atoms with Gasteiger partial charge in [0.25, 0.3) is 5.91 Å². The van der Waals surface area contributed by atoms with E-state index in [4.69, 9.17) is 44.3 Å². The van der Waals surface area contributed by atoms with Crippen LogP contribution in [0.25, 0.3) is 0 Å². The molecular weight excluding hydrogens is 535 g/mol. The van der Waals surface area contributed by atoms with Gasteiger partial charge in [-0.25, -0.2) is 5.43 Å². The number of hydrogen-bond donors (Lipinski definition) is 3. The molecule has 1 saturated heterocycles. The van der Waals surface area contributed by atoms with Crippen molar-refractivity contribution in [2.75, 3.05) is 20.3 Å². The Hall–Kier alpha value is -1.59. The standard InChI is InChI=1S/C23H37Cl3N4O6/c1-7-9-17(35-6)14(4)19(31)28-18(13(2)3)20(32)27-15(5)21(33)30-11-8-10-16(29-30)22(34)36-12-23(24,25)26/h7,9,13-18,29H,8,10-12H2,1-6H3,(H,27,32)(H,28,31)/b9-7+/t14?,15?,16-,17?,18?/m0/s1. The van der Waals surface area contributed by atoms with Gasteiger partial charge in [0, 0.05) is 13.7 Å². The minimum absolute atomic E-state index is 0.239. The SMILES string of the molecule is C/C=C/C(OC)C(C)C(=O)NC(C(=O)NC(C)C(=O)N1CCC[C@@H](C(=O)OCC(Cl)(Cl)Cl)N1)C(C)C. The average Bonchev–Trinajstić information content (AvgIpc) is 2.82. The quantitative estimate of drug-likeness (QED) is 0.197. The molecule has 0 aliphatic carbocycles. The molecule has 0 aromatic rings. The Morgan fingerprint density at radius 1 is 1.11 bits per heavy atom. The molecule has 0 spiro atoms. The lowest BCUT2D eigenvalue weighted by Gasteiger charge is -2.35. The van der Waals surface area contributed by atoms with Crippen LogP contribution in [0.2, 0.25) is 0 Å². The van der Waals surface area contributed by atoms with Crippen molar-refractivity contribution in [2.24, 2.45) is 11.8 Å². The first kappa shape index (κ1) is 32.4. The number of halogens is 3. The van der Waals surface area contributed by atoms with E-state index in [0.29, 0.717) is 19.4 Å². The number of carbonyl (C=O) groups is 4. The number of carbonyl (C=O) groups excluding carboxylic acids is 4. The van der Waals surface area contributed by atoms with Crippen molar-refractivity contribution in [1.29, 1.82) is 0 Å². The molecule has 3 N–H and O–H groups in total. The van der Waals surface area contributed by atoms with Crippen molar-refractivity contribution < 1.29 is 28.7 Å². The average molecular weight is 572 g/mol. The fourth-order valence-corrected chi connectivity index (χ4v) is 3.74. The summed E-state index contributed by atoms with van der Waals surface area (Å²) in [5, 5.41) is 6.69. The van der Waals surface area contributed by atoms with Crippen LogP contribution in [-0.2, 0) is 28.7 Å². The molecule has 13 heteroatoms. The highest BCUT2D eigenvalue weighted by atomic mass is 35.6. The van der Waals surface area contributed by atoms with E-state index >= 15 is 0 Å². The number of methoxy groups -OCH3 is 1. The number of esters is 1. The maximum Gasteiger partial charge on any atom is 0.325 e. The van der Waals surface area contributed by atoms with Gasteiger partial charge < -0.3 is 20.1 Å². The summed E-state index contributed by atoms with van der Waals surface area (Å²) in [5.41, 5.74) is 2.81. The van der Waals surface area contributed by atoms with Crippen molar-refractivity contribution in [3.8, 4) is 0 Å². The third kappa shape index (κ3) is 10.4. The van der Waals surface area contributed by atoms with E-state index in [1.165, 1.54) is 19.0 Å². The molecule has 0 radical (unpaired) electrons. The molecule has 0 aromatic heterocycles. The van der Waals surface area contributed by atoms with E-state index in [1.807, 2.05) is 6.92 Å². The van der Waals surface area contributed by atoms with Crippen LogP contribution in [0.4, 0.5) is 0 Å². The lowest BCUT2D eigenvalue weighted by Crippen LogP contribution is -2.61. The monoisotopic (exact) mass is 570 g/mol. The summed E-state index contributed by atoms with van der Waals surface area (Å²) in [7, 11) is 1.51. The molecule has 36 heavy (non-hydrogen) atoms. The minimum Gasteiger partial charge on any atom is -0.460 e. The van der Waals surface area contributed by atoms with Crippen molar-refractivity contribution in [2.45, 2.75) is 75.5 Å². The summed E-state index contributed by atoms with van der Waals surface area (Å²) < 4.78 is 8.59. The van der Waals surface area contributed by atoms with Crippen LogP contribution in [0.1, 0.15) is 47.5 Å². The largest absolute Gasteiger partial charge is 0.460 e. The summed E-state index contributed by atoms with van der Waals surface area (Å²) >= 11 is 16.8. The summed E-state index contributed by atoms with van der Waals surface area (Å²) in [6, 6.07) is -2.59. The summed E-state index contributed by atoms with van der Waals surface area (Å²) in [6.07, 6.45) is 4.08. The fraction of sp³-hybridized carbons (Fsp3) is 0.739. The Kier molecular flexibility index (Phi) is 13.5. The highest BCUT2D eigenvalue weighted by Crippen LogP contribution is 2.26. The smallest absolute Gasteiger partial charge is 0.325 e. The fourth-order valence-electron chi connectivity index (χ4n) is 3.58. The van der Waals surface area contributed by atoms with E-state index in [2.05, 4.69) is 16.1 Å². The number of allylic oxidation sites excluding steroid dienone is 1. The van der Waals surface area contributed by atoms with Gasteiger partial charge >= 0.3 is 5.97 Å². The third-order valence-corrected chi connectivity index (χ3v) is 5.98. The topological polar surface area (TPSA) is 126 Å². The van der Waals surface area contributed by atoms with Crippen LogP contribution < -0.4 is 16.1 Å². The van der Waals surface area contributed by atoms with Gasteiger partial charge in [-0.3, -0.25) is 24.2 Å². The Morgan fingerprint density at radius 3 is 2.28 bits per heavy atom. The molecule has 1 aliphatic heterocycles. The van der Waals surface area contributed by atoms with Gasteiger partial charge in [-0.1, -0.05) is 67.7 Å². The second-order valence-electron chi connectivity index (χ2n) is 9.01. The number of nitrogens with zero attached hydrogens (tertiary/aromatic N) is 1. The first-order valence-electron chi connectivity index (χ1n) is 11.8. The Morgan fingerprint density at radius 2 is 1.75 bits per heavy atom. The number of alkyl halides is 3. The number of ether oxygens (including phenoxy) is 2. The van der Waals surface area contributed by atoms with Gasteiger partial charge in [0.2, 0.25) is 15.6 Å². The van der Waals surface area contributed by atoms with Crippen molar-refractivity contribution >= 4 is 58.5 Å².